The van der Waals surface area contributed by atoms with E-state index in [0.29, 0.717) is 33.2 Å². The topological polar surface area (TPSA) is 66.7 Å². The van der Waals surface area contributed by atoms with E-state index in [-0.39, 0.29) is 11.6 Å². The summed E-state index contributed by atoms with van der Waals surface area (Å²) in [7, 11) is 2.16. The number of nitrogens with zero attached hydrogens (tertiary/aromatic N) is 1. The van der Waals surface area contributed by atoms with Gasteiger partial charge in [0.2, 0.25) is 0 Å². The van der Waals surface area contributed by atoms with Gasteiger partial charge < -0.3 is 15.3 Å². The zero-order chi connectivity index (χ0) is 26.1. The number of carboxylic acids is 1. The lowest BCUT2D eigenvalue weighted by Gasteiger charge is -2.24. The van der Waals surface area contributed by atoms with Crippen LogP contribution in [0, 0.1) is 0 Å². The standard InChI is InChI=1S/C29H24Cl3N3O2/c1-35(11-10-33-25-15-27(29(36)37)34-26-14-20(31)13-24(32)28(25)26)16-23-21-5-3-2-4-17(21)6-7-18-8-9-19(30)12-22(18)23/h2-9,12-15,23H,10-11,16H2,1H3,(H,33,34)(H,36,37)/p+1/t23-/m1/s1. The summed E-state index contributed by atoms with van der Waals surface area (Å²) >= 11 is 19.0. The Bertz CT molecular complexity index is 1540. The first-order chi connectivity index (χ1) is 17.8. The highest BCUT2D eigenvalue weighted by atomic mass is 35.5. The van der Waals surface area contributed by atoms with Gasteiger partial charge in [-0.2, -0.15) is 0 Å². The molecule has 0 aliphatic heterocycles. The molecule has 3 aromatic carbocycles. The van der Waals surface area contributed by atoms with Crippen molar-refractivity contribution in [3.05, 3.63) is 104 Å². The van der Waals surface area contributed by atoms with Crippen LogP contribution in [0.25, 0.3) is 23.1 Å². The Balaban J connectivity index is 1.37. The molecule has 1 unspecified atom stereocenters. The van der Waals surface area contributed by atoms with Crippen molar-refractivity contribution in [1.82, 2.24) is 4.98 Å². The molecule has 0 radical (unpaired) electrons. The number of fused-ring (bicyclic) bond motifs is 3. The molecule has 2 atom stereocenters. The van der Waals surface area contributed by atoms with Crippen LogP contribution in [0.15, 0.2) is 60.7 Å². The van der Waals surface area contributed by atoms with Crippen molar-refractivity contribution in [1.29, 1.82) is 0 Å². The Morgan fingerprint density at radius 2 is 1.73 bits per heavy atom. The minimum Gasteiger partial charge on any atom is -0.477 e. The number of carbonyl (C=O) groups is 1. The molecule has 0 bridgehead atoms. The quantitative estimate of drug-likeness (QED) is 0.257. The molecule has 37 heavy (non-hydrogen) atoms. The van der Waals surface area contributed by atoms with Gasteiger partial charge in [-0.15, -0.1) is 0 Å². The van der Waals surface area contributed by atoms with Crippen LogP contribution in [0.4, 0.5) is 5.69 Å². The van der Waals surface area contributed by atoms with E-state index in [1.165, 1.54) is 33.2 Å². The van der Waals surface area contributed by atoms with E-state index in [1.54, 1.807) is 12.1 Å². The van der Waals surface area contributed by atoms with Crippen LogP contribution >= 0.6 is 34.8 Å². The first-order valence-electron chi connectivity index (χ1n) is 11.9. The Hall–Kier alpha value is -3.09. The monoisotopic (exact) mass is 552 g/mol. The van der Waals surface area contributed by atoms with Gasteiger partial charge in [0.15, 0.2) is 5.69 Å². The molecular formula is C29H25Cl3N3O2+. The fourth-order valence-corrected chi connectivity index (χ4v) is 5.71. The Kier molecular flexibility index (Phi) is 7.40. The highest BCUT2D eigenvalue weighted by Gasteiger charge is 2.25. The van der Waals surface area contributed by atoms with Crippen LogP contribution in [0.2, 0.25) is 15.1 Å². The first-order valence-corrected chi connectivity index (χ1v) is 13.1. The van der Waals surface area contributed by atoms with Gasteiger partial charge in [-0.25, -0.2) is 9.78 Å². The smallest absolute Gasteiger partial charge is 0.354 e. The maximum absolute atomic E-state index is 11.6. The molecule has 3 N–H and O–H groups in total. The minimum atomic E-state index is -1.11. The number of carboxylic acid groups (broad SMARTS) is 1. The van der Waals surface area contributed by atoms with E-state index in [0.717, 1.165) is 18.1 Å². The third-order valence-electron chi connectivity index (χ3n) is 6.70. The molecule has 8 heteroatoms. The fourth-order valence-electron chi connectivity index (χ4n) is 4.94. The number of aromatic carboxylic acids is 1. The molecule has 1 aromatic heterocycles. The summed E-state index contributed by atoms with van der Waals surface area (Å²) in [4.78, 5) is 17.2. The molecule has 0 spiro atoms. The maximum atomic E-state index is 11.6. The summed E-state index contributed by atoms with van der Waals surface area (Å²) in [6.45, 7) is 2.26. The van der Waals surface area contributed by atoms with Gasteiger partial charge in [0.1, 0.15) is 0 Å². The highest BCUT2D eigenvalue weighted by molar-refractivity contribution is 6.39. The Labute approximate surface area is 230 Å². The van der Waals surface area contributed by atoms with E-state index < -0.39 is 5.97 Å². The van der Waals surface area contributed by atoms with Crippen molar-refractivity contribution in [3.63, 3.8) is 0 Å². The van der Waals surface area contributed by atoms with Crippen molar-refractivity contribution in [2.45, 2.75) is 5.92 Å². The number of rotatable bonds is 7. The second kappa shape index (κ2) is 10.7. The van der Waals surface area contributed by atoms with E-state index in [1.807, 2.05) is 6.07 Å². The van der Waals surface area contributed by atoms with Gasteiger partial charge in [-0.1, -0.05) is 77.3 Å². The average molecular weight is 554 g/mol. The van der Waals surface area contributed by atoms with Crippen molar-refractivity contribution >= 4 is 69.5 Å². The second-order valence-corrected chi connectivity index (χ2v) is 10.5. The normalized spacial score (nSPS) is 15.1. The maximum Gasteiger partial charge on any atom is 0.354 e. The Morgan fingerprint density at radius 1 is 0.973 bits per heavy atom. The third kappa shape index (κ3) is 5.46. The van der Waals surface area contributed by atoms with E-state index in [9.17, 15) is 9.90 Å². The number of halogens is 3. The van der Waals surface area contributed by atoms with Gasteiger partial charge in [0.05, 0.1) is 43.1 Å². The van der Waals surface area contributed by atoms with Crippen LogP contribution in [0.1, 0.15) is 38.7 Å². The molecule has 0 fully saturated rings. The number of quaternary nitrogens is 1. The zero-order valence-corrected chi connectivity index (χ0v) is 22.3. The molecule has 188 valence electrons. The number of anilines is 1. The lowest BCUT2D eigenvalue weighted by molar-refractivity contribution is -0.878. The zero-order valence-electron chi connectivity index (χ0n) is 20.1. The molecule has 1 aliphatic carbocycles. The predicted molar refractivity (Wildman–Crippen MR) is 152 cm³/mol. The summed E-state index contributed by atoms with van der Waals surface area (Å²) in [5.74, 6) is -0.932. The summed E-state index contributed by atoms with van der Waals surface area (Å²) in [5.41, 5.74) is 5.88. The summed E-state index contributed by atoms with van der Waals surface area (Å²) in [6.07, 6.45) is 4.33. The van der Waals surface area contributed by atoms with Gasteiger partial charge in [0.25, 0.3) is 0 Å². The van der Waals surface area contributed by atoms with Crippen LogP contribution in [0.5, 0.6) is 0 Å². The van der Waals surface area contributed by atoms with Crippen LogP contribution in [-0.4, -0.2) is 42.7 Å². The van der Waals surface area contributed by atoms with Crippen molar-refractivity contribution < 1.29 is 14.8 Å². The molecule has 5 rings (SSSR count). The van der Waals surface area contributed by atoms with Crippen molar-refractivity contribution in [2.75, 3.05) is 32.0 Å². The fraction of sp³-hybridized carbons (Fsp3) is 0.172. The SMILES string of the molecule is C[NH+](CCNc1cc(C(=O)O)nc2cc(Cl)cc(Cl)c12)C[C@@H]1c2ccccc2C=Cc2ccc(Cl)cc21. The molecular weight excluding hydrogens is 529 g/mol. The molecule has 5 nitrogen and oxygen atoms in total. The number of pyridine rings is 1. The van der Waals surface area contributed by atoms with Crippen LogP contribution in [-0.2, 0) is 0 Å². The van der Waals surface area contributed by atoms with Crippen LogP contribution < -0.4 is 10.2 Å². The largest absolute Gasteiger partial charge is 0.477 e. The highest BCUT2D eigenvalue weighted by Crippen LogP contribution is 2.35. The Morgan fingerprint density at radius 3 is 2.51 bits per heavy atom. The van der Waals surface area contributed by atoms with Gasteiger partial charge in [-0.05, 0) is 52.6 Å². The summed E-state index contributed by atoms with van der Waals surface area (Å²) in [6, 6.07) is 19.3. The third-order valence-corrected chi connectivity index (χ3v) is 7.45. The van der Waals surface area contributed by atoms with Crippen molar-refractivity contribution in [2.24, 2.45) is 0 Å². The molecule has 1 aliphatic rings. The van der Waals surface area contributed by atoms with Gasteiger partial charge in [-0.3, -0.25) is 0 Å². The van der Waals surface area contributed by atoms with Crippen LogP contribution in [0.3, 0.4) is 0 Å². The number of hydrogen-bond acceptors (Lipinski definition) is 3. The number of aromatic nitrogens is 1. The van der Waals surface area contributed by atoms with E-state index >= 15 is 0 Å². The molecule has 4 aromatic rings. The van der Waals surface area contributed by atoms with E-state index in [4.69, 9.17) is 34.8 Å². The number of likely N-dealkylation sites (N-methyl/N-ethyl adjacent to an activating group) is 1. The second-order valence-electron chi connectivity index (χ2n) is 9.27. The molecule has 0 saturated carbocycles. The minimum absolute atomic E-state index is 0.0647. The molecule has 0 saturated heterocycles. The van der Waals surface area contributed by atoms with E-state index in [2.05, 4.69) is 65.9 Å². The molecule has 0 amide bonds. The number of hydrogen-bond donors (Lipinski definition) is 3. The first kappa shape index (κ1) is 25.6. The lowest BCUT2D eigenvalue weighted by Crippen LogP contribution is -3.10. The molecule has 1 heterocycles. The number of nitrogens with one attached hydrogen (secondary N) is 2. The summed E-state index contributed by atoms with van der Waals surface area (Å²) < 4.78 is 0. The summed E-state index contributed by atoms with van der Waals surface area (Å²) in [5, 5.41) is 15.1. The van der Waals surface area contributed by atoms with Crippen molar-refractivity contribution in [3.8, 4) is 0 Å². The van der Waals surface area contributed by atoms with Gasteiger partial charge >= 0.3 is 5.97 Å². The van der Waals surface area contributed by atoms with Gasteiger partial charge in [0, 0.05) is 21.1 Å². The average Bonchev–Trinajstić information content (AvgIpc) is 3.00. The lowest BCUT2D eigenvalue weighted by atomic mass is 9.87. The number of benzene rings is 3. The predicted octanol–water partition coefficient (Wildman–Crippen LogP) is 6.14.